The first-order valence-corrected chi connectivity index (χ1v) is 15.5. The predicted molar refractivity (Wildman–Crippen MR) is 175 cm³/mol. The van der Waals surface area contributed by atoms with Crippen LogP contribution in [0.1, 0.15) is 65.5 Å². The van der Waals surface area contributed by atoms with Gasteiger partial charge in [-0.1, -0.05) is 60.7 Å². The number of rotatable bonds is 16. The second-order valence-electron chi connectivity index (χ2n) is 12.8. The molecule has 248 valence electrons. The van der Waals surface area contributed by atoms with Gasteiger partial charge in [0.2, 0.25) is 11.8 Å². The van der Waals surface area contributed by atoms with Gasteiger partial charge in [0.1, 0.15) is 23.3 Å². The van der Waals surface area contributed by atoms with Gasteiger partial charge in [-0.2, -0.15) is 0 Å². The first kappa shape index (κ1) is 37.1. The maximum atomic E-state index is 12.9. The number of carbonyl (C=O) groups is 4. The summed E-state index contributed by atoms with van der Waals surface area (Å²) in [6.07, 6.45) is 0.770. The fourth-order valence-electron chi connectivity index (χ4n) is 4.24. The van der Waals surface area contributed by atoms with Crippen molar-refractivity contribution in [1.29, 1.82) is 0 Å². The van der Waals surface area contributed by atoms with Crippen molar-refractivity contribution in [2.24, 2.45) is 0 Å². The molecule has 0 aliphatic carbocycles. The molecule has 11 heteroatoms. The maximum Gasteiger partial charge on any atom is 0.408 e. The van der Waals surface area contributed by atoms with Crippen LogP contribution in [0.4, 0.5) is 9.59 Å². The molecular formula is C34H51N5O6. The Bertz CT molecular complexity index is 1100. The largest absolute Gasteiger partial charge is 0.444 e. The molecule has 0 radical (unpaired) electrons. The van der Waals surface area contributed by atoms with E-state index in [9.17, 15) is 19.2 Å². The van der Waals surface area contributed by atoms with Crippen molar-refractivity contribution in [3.63, 3.8) is 0 Å². The molecular weight excluding hydrogens is 574 g/mol. The van der Waals surface area contributed by atoms with Crippen molar-refractivity contribution in [3.05, 3.63) is 71.8 Å². The highest BCUT2D eigenvalue weighted by Crippen LogP contribution is 2.10. The third-order valence-electron chi connectivity index (χ3n) is 6.24. The Morgan fingerprint density at radius 1 is 0.578 bits per heavy atom. The minimum Gasteiger partial charge on any atom is -0.444 e. The van der Waals surface area contributed by atoms with Gasteiger partial charge in [0.05, 0.1) is 0 Å². The van der Waals surface area contributed by atoms with Crippen LogP contribution in [0.2, 0.25) is 0 Å². The Labute approximate surface area is 267 Å². The van der Waals surface area contributed by atoms with Crippen LogP contribution in [0.15, 0.2) is 60.7 Å². The van der Waals surface area contributed by atoms with Crippen LogP contribution in [-0.2, 0) is 31.9 Å². The van der Waals surface area contributed by atoms with Crippen molar-refractivity contribution in [2.75, 3.05) is 26.2 Å². The van der Waals surface area contributed by atoms with Gasteiger partial charge in [0.25, 0.3) is 0 Å². The van der Waals surface area contributed by atoms with Crippen LogP contribution >= 0.6 is 0 Å². The quantitative estimate of drug-likeness (QED) is 0.178. The second kappa shape index (κ2) is 18.6. The normalized spacial score (nSPS) is 12.8. The Kier molecular flexibility index (Phi) is 15.3. The zero-order chi connectivity index (χ0) is 33.3. The molecule has 0 unspecified atom stereocenters. The van der Waals surface area contributed by atoms with E-state index >= 15 is 0 Å². The number of ether oxygens (including phenoxy) is 2. The minimum absolute atomic E-state index is 0.280. The van der Waals surface area contributed by atoms with Gasteiger partial charge in [-0.15, -0.1) is 0 Å². The van der Waals surface area contributed by atoms with Crippen molar-refractivity contribution in [2.45, 2.75) is 90.5 Å². The predicted octanol–water partition coefficient (Wildman–Crippen LogP) is 3.86. The summed E-state index contributed by atoms with van der Waals surface area (Å²) in [5.74, 6) is -0.560. The van der Waals surface area contributed by atoms with E-state index in [2.05, 4.69) is 26.6 Å². The van der Waals surface area contributed by atoms with Gasteiger partial charge < -0.3 is 36.1 Å². The van der Waals surface area contributed by atoms with Crippen LogP contribution < -0.4 is 26.6 Å². The van der Waals surface area contributed by atoms with Crippen molar-refractivity contribution in [1.82, 2.24) is 26.6 Å². The molecule has 2 aromatic carbocycles. The van der Waals surface area contributed by atoms with E-state index in [1.165, 1.54) is 0 Å². The summed E-state index contributed by atoms with van der Waals surface area (Å²) in [6, 6.07) is 17.4. The average Bonchev–Trinajstić information content (AvgIpc) is 2.94. The fraction of sp³-hybridized carbons (Fsp3) is 0.529. The summed E-state index contributed by atoms with van der Waals surface area (Å²) < 4.78 is 10.7. The standard InChI is InChI=1S/C34H51N5O6/c1-33(2,3)44-31(42)38-27(23-25-15-9-7-10-16-25)29(40)36-21-13-19-35-20-14-22-37-30(41)28(24-26-17-11-8-12-18-26)39-32(43)45-34(4,5)6/h7-12,15-18,27-28,35H,13-14,19-24H2,1-6H3,(H,36,40)(H,37,41)(H,38,42)(H,39,43)/t27-,28-/m0/s1. The number of hydrogen-bond donors (Lipinski definition) is 5. The molecule has 0 saturated carbocycles. The van der Waals surface area contributed by atoms with E-state index in [0.29, 0.717) is 51.9 Å². The van der Waals surface area contributed by atoms with E-state index in [-0.39, 0.29) is 11.8 Å². The molecule has 4 amide bonds. The summed E-state index contributed by atoms with van der Waals surface area (Å²) in [5.41, 5.74) is 0.504. The molecule has 45 heavy (non-hydrogen) atoms. The van der Waals surface area contributed by atoms with Crippen molar-refractivity contribution in [3.8, 4) is 0 Å². The molecule has 2 aromatic rings. The van der Waals surface area contributed by atoms with Crippen molar-refractivity contribution < 1.29 is 28.7 Å². The summed E-state index contributed by atoms with van der Waals surface area (Å²) in [6.45, 7) is 12.8. The Morgan fingerprint density at radius 2 is 0.933 bits per heavy atom. The molecule has 0 aliphatic rings. The first-order valence-electron chi connectivity index (χ1n) is 15.5. The number of alkyl carbamates (subject to hydrolysis) is 2. The van der Waals surface area contributed by atoms with Gasteiger partial charge in [-0.3, -0.25) is 9.59 Å². The van der Waals surface area contributed by atoms with Gasteiger partial charge in [-0.25, -0.2) is 9.59 Å². The van der Waals surface area contributed by atoms with Gasteiger partial charge in [0, 0.05) is 25.9 Å². The molecule has 0 bridgehead atoms. The lowest BCUT2D eigenvalue weighted by Crippen LogP contribution is -2.49. The SMILES string of the molecule is CC(C)(C)OC(=O)N[C@@H](Cc1ccccc1)C(=O)NCCCNCCCNC(=O)[C@H](Cc1ccccc1)NC(=O)OC(C)(C)C. The third-order valence-corrected chi connectivity index (χ3v) is 6.24. The number of hydrogen-bond acceptors (Lipinski definition) is 7. The molecule has 0 spiro atoms. The molecule has 2 rings (SSSR count). The number of benzene rings is 2. The summed E-state index contributed by atoms with van der Waals surface area (Å²) >= 11 is 0. The first-order chi connectivity index (χ1) is 21.2. The minimum atomic E-state index is -0.769. The van der Waals surface area contributed by atoms with Gasteiger partial charge in [-0.05, 0) is 78.6 Å². The van der Waals surface area contributed by atoms with E-state index in [1.54, 1.807) is 41.5 Å². The molecule has 0 aliphatic heterocycles. The molecule has 11 nitrogen and oxygen atoms in total. The van der Waals surface area contributed by atoms with Gasteiger partial charge >= 0.3 is 12.2 Å². The average molecular weight is 626 g/mol. The number of amides is 4. The summed E-state index contributed by atoms with van der Waals surface area (Å²) in [5, 5.41) is 14.5. The maximum absolute atomic E-state index is 12.9. The highest BCUT2D eigenvalue weighted by Gasteiger charge is 2.26. The van der Waals surface area contributed by atoms with Crippen LogP contribution in [0.3, 0.4) is 0 Å². The Morgan fingerprint density at radius 3 is 1.27 bits per heavy atom. The van der Waals surface area contributed by atoms with Crippen LogP contribution in [-0.4, -0.2) is 73.5 Å². The van der Waals surface area contributed by atoms with Crippen molar-refractivity contribution >= 4 is 24.0 Å². The molecule has 0 fully saturated rings. The second-order valence-corrected chi connectivity index (χ2v) is 12.8. The highest BCUT2D eigenvalue weighted by molar-refractivity contribution is 5.86. The molecule has 0 aromatic heterocycles. The zero-order valence-corrected chi connectivity index (χ0v) is 27.5. The molecule has 0 heterocycles. The molecule has 2 atom stereocenters. The summed E-state index contributed by atoms with van der Waals surface area (Å²) in [4.78, 5) is 50.5. The molecule has 5 N–H and O–H groups in total. The van der Waals surface area contributed by atoms with Gasteiger partial charge in [0.15, 0.2) is 0 Å². The Hall–Kier alpha value is -4.12. The lowest BCUT2D eigenvalue weighted by atomic mass is 10.1. The highest BCUT2D eigenvalue weighted by atomic mass is 16.6. The number of carbonyl (C=O) groups excluding carboxylic acids is 4. The van der Waals surface area contributed by atoms with Crippen LogP contribution in [0.25, 0.3) is 0 Å². The van der Waals surface area contributed by atoms with E-state index in [0.717, 1.165) is 11.1 Å². The summed E-state index contributed by atoms with van der Waals surface area (Å²) in [7, 11) is 0. The third kappa shape index (κ3) is 17.1. The van der Waals surface area contributed by atoms with E-state index in [1.807, 2.05) is 60.7 Å². The fourth-order valence-corrected chi connectivity index (χ4v) is 4.24. The van der Waals surface area contributed by atoms with E-state index < -0.39 is 35.5 Å². The monoisotopic (exact) mass is 625 g/mol. The molecule has 0 saturated heterocycles. The zero-order valence-electron chi connectivity index (χ0n) is 27.5. The smallest absolute Gasteiger partial charge is 0.408 e. The topological polar surface area (TPSA) is 147 Å². The number of nitrogens with one attached hydrogen (secondary N) is 5. The lowest BCUT2D eigenvalue weighted by molar-refractivity contribution is -0.123. The Balaban J connectivity index is 1.72. The van der Waals surface area contributed by atoms with Crippen LogP contribution in [0, 0.1) is 0 Å². The lowest BCUT2D eigenvalue weighted by Gasteiger charge is -2.23. The van der Waals surface area contributed by atoms with Crippen LogP contribution in [0.5, 0.6) is 0 Å². The van der Waals surface area contributed by atoms with E-state index in [4.69, 9.17) is 9.47 Å².